The van der Waals surface area contributed by atoms with Gasteiger partial charge in [0.25, 0.3) is 5.91 Å². The molecule has 0 aromatic carbocycles. The van der Waals surface area contributed by atoms with E-state index in [9.17, 15) is 22.4 Å². The highest BCUT2D eigenvalue weighted by atomic mass is 19.3. The standard InChI is InChI=1S/C26H29F4N9O2/c1-26(2,3)38-12-14(10-32-38)25(40)31-11-19-34-24(36-41-19)22-20(21(28)23(29)30)17-6-5-7-18(39(17)35-22)33-16-8-9-37(4)13-15(16)27/h5-7,10,12,15-16,33H,8-9,11,13H2,1-4H3,(H,31,40)/t15-,16+/m0/s1. The van der Waals surface area contributed by atoms with Crippen molar-refractivity contribution >= 4 is 23.1 Å². The van der Waals surface area contributed by atoms with Gasteiger partial charge in [0, 0.05) is 19.3 Å². The molecule has 1 aliphatic rings. The monoisotopic (exact) mass is 575 g/mol. The number of hydrogen-bond acceptors (Lipinski definition) is 8. The number of rotatable bonds is 7. The number of likely N-dealkylation sites (tertiary alicyclic amines) is 1. The second-order valence-corrected chi connectivity index (χ2v) is 10.9. The Morgan fingerprint density at radius 1 is 1.22 bits per heavy atom. The molecule has 0 unspecified atom stereocenters. The lowest BCUT2D eigenvalue weighted by molar-refractivity contribution is 0.0946. The third-order valence-electron chi connectivity index (χ3n) is 6.73. The zero-order valence-corrected chi connectivity index (χ0v) is 22.8. The molecular formula is C26H29F4N9O2. The van der Waals surface area contributed by atoms with E-state index >= 15 is 0 Å². The number of pyridine rings is 1. The molecule has 0 bridgehead atoms. The van der Waals surface area contributed by atoms with Gasteiger partial charge in [-0.05, 0) is 46.4 Å². The third kappa shape index (κ3) is 5.80. The molecule has 1 amide bonds. The van der Waals surface area contributed by atoms with Crippen molar-refractivity contribution in [1.29, 1.82) is 0 Å². The second-order valence-electron chi connectivity index (χ2n) is 10.9. The van der Waals surface area contributed by atoms with Gasteiger partial charge in [0.05, 0.1) is 41.0 Å². The number of aromatic nitrogens is 6. The van der Waals surface area contributed by atoms with Crippen LogP contribution in [0.15, 0.2) is 41.2 Å². The molecule has 2 N–H and O–H groups in total. The first-order chi connectivity index (χ1) is 19.4. The molecule has 15 heteroatoms. The van der Waals surface area contributed by atoms with Crippen molar-refractivity contribution in [2.24, 2.45) is 0 Å². The quantitative estimate of drug-likeness (QED) is 0.314. The Kier molecular flexibility index (Phi) is 7.55. The van der Waals surface area contributed by atoms with Crippen LogP contribution in [0.1, 0.15) is 49.0 Å². The van der Waals surface area contributed by atoms with E-state index < -0.39 is 35.6 Å². The van der Waals surface area contributed by atoms with E-state index in [-0.39, 0.29) is 47.4 Å². The summed E-state index contributed by atoms with van der Waals surface area (Å²) in [7, 11) is 1.82. The molecule has 2 atom stereocenters. The minimum atomic E-state index is -2.55. The van der Waals surface area contributed by atoms with Crippen LogP contribution in [0.25, 0.3) is 22.9 Å². The molecule has 0 radical (unpaired) electrons. The normalized spacial score (nSPS) is 18.0. The van der Waals surface area contributed by atoms with Crippen LogP contribution in [-0.2, 0) is 12.1 Å². The van der Waals surface area contributed by atoms with Crippen LogP contribution < -0.4 is 10.6 Å². The van der Waals surface area contributed by atoms with Gasteiger partial charge in [-0.2, -0.15) is 24.0 Å². The van der Waals surface area contributed by atoms with Gasteiger partial charge in [-0.15, -0.1) is 0 Å². The number of carbonyl (C=O) groups is 1. The summed E-state index contributed by atoms with van der Waals surface area (Å²) in [6, 6.07) is 3.96. The van der Waals surface area contributed by atoms with Crippen molar-refractivity contribution < 1.29 is 26.9 Å². The maximum absolute atomic E-state index is 14.8. The van der Waals surface area contributed by atoms with Crippen molar-refractivity contribution in [3.8, 4) is 11.5 Å². The molecule has 4 aromatic rings. The zero-order chi connectivity index (χ0) is 29.5. The van der Waals surface area contributed by atoms with Crippen LogP contribution in [0.3, 0.4) is 0 Å². The summed E-state index contributed by atoms with van der Waals surface area (Å²) >= 11 is 0. The fourth-order valence-electron chi connectivity index (χ4n) is 4.54. The topological polar surface area (TPSA) is 118 Å². The Labute approximate surface area is 232 Å². The Balaban J connectivity index is 1.42. The number of piperidine rings is 1. The number of halogens is 4. The summed E-state index contributed by atoms with van der Waals surface area (Å²) in [4.78, 5) is 18.6. The molecule has 11 nitrogen and oxygen atoms in total. The number of hydrogen-bond donors (Lipinski definition) is 2. The van der Waals surface area contributed by atoms with E-state index in [0.29, 0.717) is 18.5 Å². The van der Waals surface area contributed by atoms with Gasteiger partial charge in [0.2, 0.25) is 11.7 Å². The van der Waals surface area contributed by atoms with Crippen molar-refractivity contribution in [2.75, 3.05) is 25.5 Å². The molecule has 41 heavy (non-hydrogen) atoms. The average Bonchev–Trinajstić information content (AvgIpc) is 3.66. The molecule has 1 fully saturated rings. The highest BCUT2D eigenvalue weighted by molar-refractivity contribution is 5.93. The number of carbonyl (C=O) groups excluding carboxylic acids is 1. The third-order valence-corrected chi connectivity index (χ3v) is 6.73. The number of nitrogens with one attached hydrogen (secondary N) is 2. The summed E-state index contributed by atoms with van der Waals surface area (Å²) < 4.78 is 64.6. The van der Waals surface area contributed by atoms with Gasteiger partial charge < -0.3 is 20.1 Å². The summed E-state index contributed by atoms with van der Waals surface area (Å²) in [6.07, 6.45) is -0.215. The van der Waals surface area contributed by atoms with Crippen LogP contribution >= 0.6 is 0 Å². The Bertz CT molecular complexity index is 1600. The number of fused-ring (bicyclic) bond motifs is 1. The van der Waals surface area contributed by atoms with E-state index in [2.05, 4.69) is 31.0 Å². The Morgan fingerprint density at radius 2 is 2.00 bits per heavy atom. The first-order valence-electron chi connectivity index (χ1n) is 12.9. The highest BCUT2D eigenvalue weighted by Gasteiger charge is 2.30. The maximum atomic E-state index is 14.8. The molecule has 1 aliphatic heterocycles. The van der Waals surface area contributed by atoms with Crippen LogP contribution in [0.4, 0.5) is 23.4 Å². The second kappa shape index (κ2) is 11.0. The van der Waals surface area contributed by atoms with Gasteiger partial charge in [0.1, 0.15) is 17.7 Å². The number of nitrogens with zero attached hydrogens (tertiary/aromatic N) is 7. The van der Waals surface area contributed by atoms with Crippen molar-refractivity contribution in [3.05, 3.63) is 53.7 Å². The Morgan fingerprint density at radius 3 is 2.68 bits per heavy atom. The van der Waals surface area contributed by atoms with Crippen LogP contribution in [0, 0.1) is 0 Å². The molecule has 0 saturated carbocycles. The fraction of sp³-hybridized carbons (Fsp3) is 0.423. The van der Waals surface area contributed by atoms with Gasteiger partial charge in [0.15, 0.2) is 5.83 Å². The van der Waals surface area contributed by atoms with E-state index in [4.69, 9.17) is 4.52 Å². The molecule has 4 aromatic heterocycles. The molecule has 218 valence electrons. The van der Waals surface area contributed by atoms with Crippen LogP contribution in [0.2, 0.25) is 0 Å². The SMILES string of the molecule is CN1CC[C@@H](Nc2cccc3c(C(F)=C(F)F)c(-c4noc(CNC(=O)c5cnn(C(C)(C)C)c5)n4)nn23)[C@@H](F)C1. The smallest absolute Gasteiger partial charge is 0.306 e. The largest absolute Gasteiger partial charge is 0.364 e. The summed E-state index contributed by atoms with van der Waals surface area (Å²) in [5, 5.41) is 18.0. The maximum Gasteiger partial charge on any atom is 0.306 e. The minimum absolute atomic E-state index is 0.00542. The van der Waals surface area contributed by atoms with Crippen LogP contribution in [-0.4, -0.2) is 72.7 Å². The average molecular weight is 576 g/mol. The van der Waals surface area contributed by atoms with Gasteiger partial charge in [-0.3, -0.25) is 9.48 Å². The minimum Gasteiger partial charge on any atom is -0.364 e. The van der Waals surface area contributed by atoms with Crippen molar-refractivity contribution in [1.82, 2.24) is 39.8 Å². The number of anilines is 1. The van der Waals surface area contributed by atoms with Crippen LogP contribution in [0.5, 0.6) is 0 Å². The predicted molar refractivity (Wildman–Crippen MR) is 142 cm³/mol. The first kappa shape index (κ1) is 28.3. The van der Waals surface area contributed by atoms with Gasteiger partial charge >= 0.3 is 6.08 Å². The summed E-state index contributed by atoms with van der Waals surface area (Å²) in [5.74, 6) is -2.29. The van der Waals surface area contributed by atoms with Crippen molar-refractivity contribution in [2.45, 2.75) is 51.5 Å². The lowest BCUT2D eigenvalue weighted by Crippen LogP contribution is -2.46. The molecule has 0 spiro atoms. The fourth-order valence-corrected chi connectivity index (χ4v) is 4.54. The van der Waals surface area contributed by atoms with E-state index in [1.54, 1.807) is 16.9 Å². The molecule has 5 heterocycles. The predicted octanol–water partition coefficient (Wildman–Crippen LogP) is 4.25. The first-order valence-corrected chi connectivity index (χ1v) is 12.9. The van der Waals surface area contributed by atoms with Gasteiger partial charge in [-0.25, -0.2) is 13.3 Å². The molecule has 0 aliphatic carbocycles. The lowest BCUT2D eigenvalue weighted by atomic mass is 10.0. The van der Waals surface area contributed by atoms with E-state index in [0.717, 1.165) is 0 Å². The lowest BCUT2D eigenvalue weighted by Gasteiger charge is -2.33. The summed E-state index contributed by atoms with van der Waals surface area (Å²) in [6.45, 7) is 6.52. The zero-order valence-electron chi connectivity index (χ0n) is 22.8. The highest BCUT2D eigenvalue weighted by Crippen LogP contribution is 2.35. The molecule has 5 rings (SSSR count). The molecule has 1 saturated heterocycles. The van der Waals surface area contributed by atoms with Gasteiger partial charge in [-0.1, -0.05) is 11.2 Å². The molecular weight excluding hydrogens is 546 g/mol. The van der Waals surface area contributed by atoms with Crippen molar-refractivity contribution in [3.63, 3.8) is 0 Å². The number of alkyl halides is 1. The Hall–Kier alpha value is -4.27. The summed E-state index contributed by atoms with van der Waals surface area (Å²) in [5.41, 5.74) is -0.857. The number of amides is 1. The van der Waals surface area contributed by atoms with E-state index in [1.165, 1.54) is 22.8 Å². The van der Waals surface area contributed by atoms with E-state index in [1.807, 2.05) is 32.7 Å².